The Morgan fingerprint density at radius 3 is 2.52 bits per heavy atom. The third kappa shape index (κ3) is 4.40. The molecule has 31 heavy (non-hydrogen) atoms. The third-order valence-electron chi connectivity index (χ3n) is 4.53. The molecule has 0 spiro atoms. The Morgan fingerprint density at radius 2 is 1.81 bits per heavy atom. The number of carbonyl (C=O) groups is 1. The summed E-state index contributed by atoms with van der Waals surface area (Å²) < 4.78 is 12.1. The monoisotopic (exact) mass is 454 g/mol. The van der Waals surface area contributed by atoms with Crippen molar-refractivity contribution in [2.45, 2.75) is 6.92 Å². The average molecular weight is 455 g/mol. The smallest absolute Gasteiger partial charge is 0.256 e. The van der Waals surface area contributed by atoms with Crippen LogP contribution in [0.25, 0.3) is 16.4 Å². The Bertz CT molecular complexity index is 1230. The third-order valence-corrected chi connectivity index (χ3v) is 5.60. The van der Waals surface area contributed by atoms with Crippen LogP contribution in [0.3, 0.4) is 0 Å². The SMILES string of the molecule is COc1ccc(C(=O)Nc2cc(C)nn2-c2nc(-c3ccc(Cl)cc3)cs2)cc1OC. The summed E-state index contributed by atoms with van der Waals surface area (Å²) in [5.41, 5.74) is 2.95. The maximum atomic E-state index is 12.9. The van der Waals surface area contributed by atoms with Gasteiger partial charge in [0.25, 0.3) is 5.91 Å². The van der Waals surface area contributed by atoms with Gasteiger partial charge < -0.3 is 14.8 Å². The number of hydrogen-bond donors (Lipinski definition) is 1. The lowest BCUT2D eigenvalue weighted by Crippen LogP contribution is -2.15. The average Bonchev–Trinajstić information content (AvgIpc) is 3.40. The van der Waals surface area contributed by atoms with Gasteiger partial charge in [0.05, 0.1) is 25.6 Å². The lowest BCUT2D eigenvalue weighted by atomic mass is 10.2. The highest BCUT2D eigenvalue weighted by Crippen LogP contribution is 2.29. The van der Waals surface area contributed by atoms with E-state index in [-0.39, 0.29) is 5.91 Å². The number of anilines is 1. The summed E-state index contributed by atoms with van der Waals surface area (Å²) in [6, 6.07) is 14.3. The molecule has 0 bridgehead atoms. The number of halogens is 1. The maximum Gasteiger partial charge on any atom is 0.256 e. The second kappa shape index (κ2) is 8.79. The zero-order valence-electron chi connectivity index (χ0n) is 17.0. The molecule has 0 atom stereocenters. The van der Waals surface area contributed by atoms with E-state index >= 15 is 0 Å². The molecule has 0 aliphatic heterocycles. The first-order chi connectivity index (χ1) is 15.0. The van der Waals surface area contributed by atoms with E-state index in [4.69, 9.17) is 21.1 Å². The number of hydrogen-bond acceptors (Lipinski definition) is 6. The lowest BCUT2D eigenvalue weighted by Gasteiger charge is -2.10. The minimum absolute atomic E-state index is 0.295. The number of aryl methyl sites for hydroxylation is 1. The fraction of sp³-hybridized carbons (Fsp3) is 0.136. The Labute approximate surface area is 188 Å². The van der Waals surface area contributed by atoms with Gasteiger partial charge in [-0.2, -0.15) is 9.78 Å². The molecule has 158 valence electrons. The highest BCUT2D eigenvalue weighted by Gasteiger charge is 2.17. The summed E-state index contributed by atoms with van der Waals surface area (Å²) in [5.74, 6) is 1.26. The molecule has 0 unspecified atom stereocenters. The second-order valence-electron chi connectivity index (χ2n) is 6.63. The van der Waals surface area contributed by atoms with Gasteiger partial charge in [0.2, 0.25) is 5.13 Å². The normalized spacial score (nSPS) is 10.7. The molecule has 0 radical (unpaired) electrons. The van der Waals surface area contributed by atoms with Crippen LogP contribution in [-0.2, 0) is 0 Å². The van der Waals surface area contributed by atoms with Gasteiger partial charge in [-0.3, -0.25) is 4.79 Å². The first-order valence-corrected chi connectivity index (χ1v) is 10.6. The van der Waals surface area contributed by atoms with Crippen LogP contribution < -0.4 is 14.8 Å². The number of nitrogens with zero attached hydrogens (tertiary/aromatic N) is 3. The van der Waals surface area contributed by atoms with Crippen LogP contribution in [0.15, 0.2) is 53.9 Å². The number of amides is 1. The summed E-state index contributed by atoms with van der Waals surface area (Å²) in [5, 5.41) is 10.6. The van der Waals surface area contributed by atoms with E-state index in [1.54, 1.807) is 36.1 Å². The molecule has 1 amide bonds. The molecule has 4 rings (SSSR count). The van der Waals surface area contributed by atoms with Crippen molar-refractivity contribution in [2.75, 3.05) is 19.5 Å². The summed E-state index contributed by atoms with van der Waals surface area (Å²) in [6.45, 7) is 1.86. The van der Waals surface area contributed by atoms with Crippen LogP contribution in [-0.4, -0.2) is 34.9 Å². The van der Waals surface area contributed by atoms with Crippen molar-refractivity contribution >= 4 is 34.7 Å². The van der Waals surface area contributed by atoms with Crippen LogP contribution in [0, 0.1) is 6.92 Å². The van der Waals surface area contributed by atoms with E-state index < -0.39 is 0 Å². The Morgan fingerprint density at radius 1 is 1.06 bits per heavy atom. The van der Waals surface area contributed by atoms with Crippen LogP contribution in [0.2, 0.25) is 5.02 Å². The number of nitrogens with one attached hydrogen (secondary N) is 1. The first-order valence-electron chi connectivity index (χ1n) is 9.30. The summed E-state index contributed by atoms with van der Waals surface area (Å²) in [6.07, 6.45) is 0. The number of methoxy groups -OCH3 is 2. The van der Waals surface area contributed by atoms with E-state index in [9.17, 15) is 4.79 Å². The van der Waals surface area contributed by atoms with Crippen LogP contribution >= 0.6 is 22.9 Å². The molecule has 0 fully saturated rings. The van der Waals surface area contributed by atoms with Gasteiger partial charge in [0.1, 0.15) is 5.82 Å². The zero-order chi connectivity index (χ0) is 22.0. The molecule has 0 saturated carbocycles. The molecule has 2 heterocycles. The van der Waals surface area contributed by atoms with Crippen LogP contribution in [0.4, 0.5) is 5.82 Å². The number of benzene rings is 2. The summed E-state index contributed by atoms with van der Waals surface area (Å²) in [7, 11) is 3.07. The molecule has 0 aliphatic rings. The molecular weight excluding hydrogens is 436 g/mol. The number of thiazole rings is 1. The molecular formula is C22H19ClN4O3S. The van der Waals surface area contributed by atoms with Gasteiger partial charge >= 0.3 is 0 Å². The quantitative estimate of drug-likeness (QED) is 0.431. The topological polar surface area (TPSA) is 78.3 Å². The molecule has 9 heteroatoms. The minimum atomic E-state index is -0.295. The molecule has 4 aromatic rings. The van der Waals surface area contributed by atoms with E-state index in [1.165, 1.54) is 18.4 Å². The highest BCUT2D eigenvalue weighted by molar-refractivity contribution is 7.12. The Hall–Kier alpha value is -3.36. The van der Waals surface area contributed by atoms with Crippen molar-refractivity contribution in [3.05, 3.63) is 70.2 Å². The summed E-state index contributed by atoms with van der Waals surface area (Å²) in [4.78, 5) is 17.5. The van der Waals surface area contributed by atoms with Crippen molar-refractivity contribution < 1.29 is 14.3 Å². The molecule has 0 aliphatic carbocycles. The van der Waals surface area contributed by atoms with Crippen molar-refractivity contribution in [1.82, 2.24) is 14.8 Å². The van der Waals surface area contributed by atoms with Gasteiger partial charge in [-0.15, -0.1) is 11.3 Å². The van der Waals surface area contributed by atoms with Crippen molar-refractivity contribution in [3.63, 3.8) is 0 Å². The van der Waals surface area contributed by atoms with Crippen LogP contribution in [0.1, 0.15) is 16.1 Å². The van der Waals surface area contributed by atoms with Crippen molar-refractivity contribution in [3.8, 4) is 27.9 Å². The molecule has 2 aromatic carbocycles. The zero-order valence-corrected chi connectivity index (χ0v) is 18.6. The van der Waals surface area contributed by atoms with Gasteiger partial charge in [0.15, 0.2) is 11.5 Å². The largest absolute Gasteiger partial charge is 0.493 e. The van der Waals surface area contributed by atoms with Crippen molar-refractivity contribution in [2.24, 2.45) is 0 Å². The van der Waals surface area contributed by atoms with Gasteiger partial charge in [-0.1, -0.05) is 23.7 Å². The van der Waals surface area contributed by atoms with Gasteiger partial charge in [0, 0.05) is 27.6 Å². The lowest BCUT2D eigenvalue weighted by molar-refractivity contribution is 0.102. The fourth-order valence-corrected chi connectivity index (χ4v) is 3.94. The molecule has 1 N–H and O–H groups in total. The summed E-state index contributed by atoms with van der Waals surface area (Å²) >= 11 is 7.40. The number of rotatable bonds is 6. The molecule has 7 nitrogen and oxygen atoms in total. The maximum absolute atomic E-state index is 12.9. The Kier molecular flexibility index (Phi) is 5.92. The van der Waals surface area contributed by atoms with E-state index in [0.29, 0.717) is 33.0 Å². The fourth-order valence-electron chi connectivity index (χ4n) is 3.02. The molecule has 2 aromatic heterocycles. The van der Waals surface area contributed by atoms with Gasteiger partial charge in [-0.05, 0) is 37.3 Å². The first kappa shape index (κ1) is 20.9. The highest BCUT2D eigenvalue weighted by atomic mass is 35.5. The van der Waals surface area contributed by atoms with Crippen molar-refractivity contribution in [1.29, 1.82) is 0 Å². The Balaban J connectivity index is 1.61. The van der Waals surface area contributed by atoms with E-state index in [2.05, 4.69) is 15.4 Å². The van der Waals surface area contributed by atoms with Gasteiger partial charge in [-0.25, -0.2) is 4.98 Å². The predicted molar refractivity (Wildman–Crippen MR) is 122 cm³/mol. The standard InChI is InChI=1S/C22H19ClN4O3S/c1-13-10-20(25-21(28)15-6-9-18(29-2)19(11-15)30-3)27(26-13)22-24-17(12-31-22)14-4-7-16(23)8-5-14/h4-12H,1-3H3,(H,25,28). The van der Waals surface area contributed by atoms with Crippen LogP contribution in [0.5, 0.6) is 11.5 Å². The number of aromatic nitrogens is 3. The van der Waals surface area contributed by atoms with E-state index in [0.717, 1.165) is 17.0 Å². The second-order valence-corrected chi connectivity index (χ2v) is 7.90. The predicted octanol–water partition coefficient (Wildman–Crippen LogP) is 5.23. The minimum Gasteiger partial charge on any atom is -0.493 e. The number of carbonyl (C=O) groups excluding carboxylic acids is 1. The van der Waals surface area contributed by atoms with E-state index in [1.807, 2.05) is 36.6 Å². The number of ether oxygens (including phenoxy) is 2. The molecule has 0 saturated heterocycles.